The van der Waals surface area contributed by atoms with Crippen LogP contribution in [0.25, 0.3) is 0 Å². The van der Waals surface area contributed by atoms with Gasteiger partial charge in [0.15, 0.2) is 0 Å². The molecule has 1 aromatic rings. The van der Waals surface area contributed by atoms with Crippen molar-refractivity contribution in [2.24, 2.45) is 5.73 Å². The van der Waals surface area contributed by atoms with Gasteiger partial charge in [-0.3, -0.25) is 0 Å². The fraction of sp³-hybridized carbons (Fsp3) is 0.538. The summed E-state index contributed by atoms with van der Waals surface area (Å²) >= 11 is 0. The van der Waals surface area contributed by atoms with Crippen LogP contribution < -0.4 is 15.2 Å². The van der Waals surface area contributed by atoms with Crippen LogP contribution in [0.4, 0.5) is 0 Å². The van der Waals surface area contributed by atoms with Crippen LogP contribution in [0, 0.1) is 0 Å². The zero-order valence-corrected chi connectivity index (χ0v) is 10.1. The molecule has 0 aliphatic carbocycles. The Morgan fingerprint density at radius 2 is 2.35 bits per heavy atom. The number of hydrogen-bond acceptors (Lipinski definition) is 4. The van der Waals surface area contributed by atoms with Crippen molar-refractivity contribution >= 4 is 0 Å². The molecule has 1 aliphatic rings. The maximum Gasteiger partial charge on any atom is 0.125 e. The molecular formula is C13H19NO3. The van der Waals surface area contributed by atoms with Gasteiger partial charge in [-0.1, -0.05) is 0 Å². The van der Waals surface area contributed by atoms with Crippen molar-refractivity contribution in [3.8, 4) is 11.5 Å². The van der Waals surface area contributed by atoms with E-state index >= 15 is 0 Å². The van der Waals surface area contributed by atoms with E-state index in [0.717, 1.165) is 42.1 Å². The summed E-state index contributed by atoms with van der Waals surface area (Å²) in [5.74, 6) is 1.58. The number of rotatable bonds is 4. The van der Waals surface area contributed by atoms with Crippen molar-refractivity contribution in [2.75, 3.05) is 20.3 Å². The first-order chi connectivity index (χ1) is 8.27. The molecule has 0 radical (unpaired) electrons. The third-order valence-corrected chi connectivity index (χ3v) is 3.10. The minimum absolute atomic E-state index is 0.453. The van der Waals surface area contributed by atoms with Gasteiger partial charge in [0.25, 0.3) is 0 Å². The largest absolute Gasteiger partial charge is 0.496 e. The SMILES string of the molecule is COc1ccc2c(c1C(O)CCN)CCCO2. The van der Waals surface area contributed by atoms with E-state index in [9.17, 15) is 5.11 Å². The van der Waals surface area contributed by atoms with Crippen molar-refractivity contribution in [2.45, 2.75) is 25.4 Å². The molecule has 1 atom stereocenters. The van der Waals surface area contributed by atoms with Crippen LogP contribution in [0.5, 0.6) is 11.5 Å². The van der Waals surface area contributed by atoms with Gasteiger partial charge in [0.05, 0.1) is 19.8 Å². The number of aliphatic hydroxyl groups excluding tert-OH is 1. The Morgan fingerprint density at radius 3 is 3.06 bits per heavy atom. The molecule has 0 saturated carbocycles. The van der Waals surface area contributed by atoms with Gasteiger partial charge in [-0.25, -0.2) is 0 Å². The molecule has 1 heterocycles. The fourth-order valence-corrected chi connectivity index (χ4v) is 2.29. The first kappa shape index (κ1) is 12.2. The van der Waals surface area contributed by atoms with Gasteiger partial charge in [0, 0.05) is 11.1 Å². The Hall–Kier alpha value is -1.26. The number of methoxy groups -OCH3 is 1. The third kappa shape index (κ3) is 2.37. The molecule has 0 saturated heterocycles. The Bertz CT molecular complexity index is 392. The van der Waals surface area contributed by atoms with Crippen molar-refractivity contribution in [3.05, 3.63) is 23.3 Å². The standard InChI is InChI=1S/C13H19NO3/c1-16-12-5-4-11-9(3-2-8-17-11)13(12)10(15)6-7-14/h4-5,10,15H,2-3,6-8,14H2,1H3. The number of ether oxygens (including phenoxy) is 2. The van der Waals surface area contributed by atoms with Crippen LogP contribution in [-0.4, -0.2) is 25.4 Å². The van der Waals surface area contributed by atoms with Crippen molar-refractivity contribution in [3.63, 3.8) is 0 Å². The zero-order chi connectivity index (χ0) is 12.3. The lowest BCUT2D eigenvalue weighted by molar-refractivity contribution is 0.162. The van der Waals surface area contributed by atoms with Crippen LogP contribution in [0.15, 0.2) is 12.1 Å². The van der Waals surface area contributed by atoms with E-state index < -0.39 is 6.10 Å². The van der Waals surface area contributed by atoms with Crippen LogP contribution in [0.2, 0.25) is 0 Å². The fourth-order valence-electron chi connectivity index (χ4n) is 2.29. The van der Waals surface area contributed by atoms with Gasteiger partial charge in [0.2, 0.25) is 0 Å². The predicted octanol–water partition coefficient (Wildman–Crippen LogP) is 1.40. The van der Waals surface area contributed by atoms with Crippen LogP contribution in [0.1, 0.15) is 30.1 Å². The average Bonchev–Trinajstić information content (AvgIpc) is 2.37. The van der Waals surface area contributed by atoms with E-state index in [2.05, 4.69) is 0 Å². The van der Waals surface area contributed by atoms with Crippen LogP contribution in [-0.2, 0) is 6.42 Å². The van der Waals surface area contributed by atoms with E-state index in [1.807, 2.05) is 12.1 Å². The highest BCUT2D eigenvalue weighted by Crippen LogP contribution is 2.38. The lowest BCUT2D eigenvalue weighted by Crippen LogP contribution is -2.15. The number of fused-ring (bicyclic) bond motifs is 1. The summed E-state index contributed by atoms with van der Waals surface area (Å²) in [4.78, 5) is 0. The Balaban J connectivity index is 2.44. The zero-order valence-electron chi connectivity index (χ0n) is 10.1. The maximum absolute atomic E-state index is 10.2. The second-order valence-electron chi connectivity index (χ2n) is 4.20. The van der Waals surface area contributed by atoms with Crippen molar-refractivity contribution in [1.82, 2.24) is 0 Å². The first-order valence-electron chi connectivity index (χ1n) is 5.98. The van der Waals surface area contributed by atoms with Crippen LogP contribution >= 0.6 is 0 Å². The first-order valence-corrected chi connectivity index (χ1v) is 5.98. The topological polar surface area (TPSA) is 64.7 Å². The quantitative estimate of drug-likeness (QED) is 0.831. The van der Waals surface area contributed by atoms with E-state index in [1.165, 1.54) is 0 Å². The molecule has 0 aromatic heterocycles. The second kappa shape index (κ2) is 5.38. The molecule has 0 amide bonds. The summed E-state index contributed by atoms with van der Waals surface area (Å²) in [5, 5.41) is 10.2. The molecule has 4 nitrogen and oxygen atoms in total. The lowest BCUT2D eigenvalue weighted by atomic mass is 9.94. The molecule has 1 aromatic carbocycles. The lowest BCUT2D eigenvalue weighted by Gasteiger charge is -2.24. The number of nitrogens with two attached hydrogens (primary N) is 1. The van der Waals surface area contributed by atoms with Gasteiger partial charge in [0.1, 0.15) is 11.5 Å². The molecule has 0 bridgehead atoms. The molecule has 3 N–H and O–H groups in total. The molecule has 1 aliphatic heterocycles. The summed E-state index contributed by atoms with van der Waals surface area (Å²) in [6, 6.07) is 3.76. The second-order valence-corrected chi connectivity index (χ2v) is 4.20. The predicted molar refractivity (Wildman–Crippen MR) is 65.4 cm³/mol. The van der Waals surface area contributed by atoms with E-state index in [4.69, 9.17) is 15.2 Å². The summed E-state index contributed by atoms with van der Waals surface area (Å²) in [6.45, 7) is 1.20. The number of hydrogen-bond donors (Lipinski definition) is 2. The summed E-state index contributed by atoms with van der Waals surface area (Å²) in [5.41, 5.74) is 7.41. The highest BCUT2D eigenvalue weighted by molar-refractivity contribution is 5.50. The molecule has 4 heteroatoms. The molecule has 0 fully saturated rings. The molecule has 2 rings (SSSR count). The van der Waals surface area contributed by atoms with E-state index in [1.54, 1.807) is 7.11 Å². The summed E-state index contributed by atoms with van der Waals surface area (Å²) < 4.78 is 10.9. The van der Waals surface area contributed by atoms with Gasteiger partial charge in [-0.05, 0) is 37.9 Å². The van der Waals surface area contributed by atoms with E-state index in [0.29, 0.717) is 13.0 Å². The van der Waals surface area contributed by atoms with Crippen molar-refractivity contribution < 1.29 is 14.6 Å². The number of aliphatic hydroxyl groups is 1. The minimum atomic E-state index is -0.577. The normalized spacial score (nSPS) is 15.9. The molecule has 94 valence electrons. The van der Waals surface area contributed by atoms with Gasteiger partial charge in [-0.15, -0.1) is 0 Å². The maximum atomic E-state index is 10.2. The highest BCUT2D eigenvalue weighted by Gasteiger charge is 2.22. The Morgan fingerprint density at radius 1 is 1.53 bits per heavy atom. The smallest absolute Gasteiger partial charge is 0.125 e. The van der Waals surface area contributed by atoms with Crippen molar-refractivity contribution in [1.29, 1.82) is 0 Å². The monoisotopic (exact) mass is 237 g/mol. The Kier molecular flexibility index (Phi) is 3.86. The molecule has 17 heavy (non-hydrogen) atoms. The van der Waals surface area contributed by atoms with Gasteiger partial charge in [-0.2, -0.15) is 0 Å². The Labute approximate surface area is 101 Å². The minimum Gasteiger partial charge on any atom is -0.496 e. The van der Waals surface area contributed by atoms with Gasteiger partial charge < -0.3 is 20.3 Å². The highest BCUT2D eigenvalue weighted by atomic mass is 16.5. The molecule has 1 unspecified atom stereocenters. The van der Waals surface area contributed by atoms with Gasteiger partial charge >= 0.3 is 0 Å². The molecule has 0 spiro atoms. The average molecular weight is 237 g/mol. The number of benzene rings is 1. The summed E-state index contributed by atoms with van der Waals surface area (Å²) in [6.07, 6.45) is 1.85. The van der Waals surface area contributed by atoms with Crippen LogP contribution in [0.3, 0.4) is 0 Å². The third-order valence-electron chi connectivity index (χ3n) is 3.10. The summed E-state index contributed by atoms with van der Waals surface area (Å²) in [7, 11) is 1.62. The van der Waals surface area contributed by atoms with E-state index in [-0.39, 0.29) is 0 Å². The molecular weight excluding hydrogens is 218 g/mol.